The van der Waals surface area contributed by atoms with E-state index in [4.69, 9.17) is 0 Å². The van der Waals surface area contributed by atoms with Crippen molar-refractivity contribution >= 4 is 15.9 Å². The van der Waals surface area contributed by atoms with Crippen LogP contribution in [0.4, 0.5) is 8.78 Å². The summed E-state index contributed by atoms with van der Waals surface area (Å²) in [5, 5.41) is 3.33. The van der Waals surface area contributed by atoms with Gasteiger partial charge in [0.1, 0.15) is 11.6 Å². The van der Waals surface area contributed by atoms with Gasteiger partial charge in [-0.3, -0.25) is 0 Å². The normalized spacial score (nSPS) is 12.4. The van der Waals surface area contributed by atoms with Crippen LogP contribution < -0.4 is 5.32 Å². The van der Waals surface area contributed by atoms with Crippen LogP contribution in [0.5, 0.6) is 0 Å². The van der Waals surface area contributed by atoms with Gasteiger partial charge >= 0.3 is 0 Å². The summed E-state index contributed by atoms with van der Waals surface area (Å²) in [5.41, 5.74) is 2.51. The molecule has 1 unspecified atom stereocenters. The molecular formula is C17H18BrF2N. The van der Waals surface area contributed by atoms with Gasteiger partial charge in [-0.05, 0) is 49.2 Å². The van der Waals surface area contributed by atoms with Gasteiger partial charge in [-0.25, -0.2) is 8.78 Å². The Balaban J connectivity index is 2.46. The van der Waals surface area contributed by atoms with E-state index < -0.39 is 11.6 Å². The van der Waals surface area contributed by atoms with Gasteiger partial charge in [-0.2, -0.15) is 0 Å². The molecule has 2 aromatic carbocycles. The van der Waals surface area contributed by atoms with Crippen molar-refractivity contribution in [3.05, 3.63) is 69.2 Å². The fourth-order valence-corrected chi connectivity index (χ4v) is 2.99. The molecule has 0 spiro atoms. The number of halogens is 3. The lowest BCUT2D eigenvalue weighted by Crippen LogP contribution is -2.24. The zero-order valence-corrected chi connectivity index (χ0v) is 13.7. The molecule has 21 heavy (non-hydrogen) atoms. The van der Waals surface area contributed by atoms with Gasteiger partial charge in [0.25, 0.3) is 0 Å². The minimum atomic E-state index is -0.559. The molecule has 2 aromatic rings. The Kier molecular flexibility index (Phi) is 5.48. The molecule has 0 fully saturated rings. The molecule has 112 valence electrons. The number of hydrogen-bond donors (Lipinski definition) is 1. The summed E-state index contributed by atoms with van der Waals surface area (Å²) in [6.45, 7) is 4.80. The van der Waals surface area contributed by atoms with Gasteiger partial charge in [0, 0.05) is 16.1 Å². The van der Waals surface area contributed by atoms with Gasteiger partial charge in [0.05, 0.1) is 6.04 Å². The molecule has 0 radical (unpaired) electrons. The molecular weight excluding hydrogens is 336 g/mol. The van der Waals surface area contributed by atoms with E-state index in [0.29, 0.717) is 5.56 Å². The van der Waals surface area contributed by atoms with Crippen molar-refractivity contribution in [3.8, 4) is 0 Å². The predicted octanol–water partition coefficient (Wildman–Crippen LogP) is 5.12. The maximum absolute atomic E-state index is 14.1. The summed E-state index contributed by atoms with van der Waals surface area (Å²) in [4.78, 5) is 0. The van der Waals surface area contributed by atoms with Crippen molar-refractivity contribution in [2.75, 3.05) is 6.54 Å². The molecule has 0 aromatic heterocycles. The van der Waals surface area contributed by atoms with Crippen LogP contribution in [0.2, 0.25) is 0 Å². The van der Waals surface area contributed by atoms with Crippen LogP contribution >= 0.6 is 15.9 Å². The van der Waals surface area contributed by atoms with E-state index in [0.717, 1.165) is 34.6 Å². The number of nitrogens with one attached hydrogen (secondary N) is 1. The fourth-order valence-electron chi connectivity index (χ4n) is 2.36. The molecule has 0 saturated carbocycles. The van der Waals surface area contributed by atoms with Gasteiger partial charge in [-0.15, -0.1) is 0 Å². The van der Waals surface area contributed by atoms with E-state index in [1.54, 1.807) is 0 Å². The number of hydrogen-bond acceptors (Lipinski definition) is 1. The smallest absolute Gasteiger partial charge is 0.131 e. The van der Waals surface area contributed by atoms with E-state index in [9.17, 15) is 8.78 Å². The summed E-state index contributed by atoms with van der Waals surface area (Å²) in [5.74, 6) is -1.09. The molecule has 1 atom stereocenters. The first-order valence-corrected chi connectivity index (χ1v) is 7.76. The fraction of sp³-hybridized carbons (Fsp3) is 0.294. The standard InChI is InChI=1S/C17H18BrF2N/c1-3-6-21-17(12-7-11(2)8-13(18)9-12)15-5-4-14(19)10-16(15)20/h4-5,7-10,17,21H,3,6H2,1-2H3. The van der Waals surface area contributed by atoms with Crippen LogP contribution in [0.25, 0.3) is 0 Å². The van der Waals surface area contributed by atoms with Crippen LogP contribution in [-0.4, -0.2) is 6.54 Å². The lowest BCUT2D eigenvalue weighted by atomic mass is 9.96. The van der Waals surface area contributed by atoms with Crippen LogP contribution in [-0.2, 0) is 0 Å². The van der Waals surface area contributed by atoms with E-state index in [2.05, 4.69) is 28.2 Å². The Morgan fingerprint density at radius 2 is 1.90 bits per heavy atom. The van der Waals surface area contributed by atoms with E-state index >= 15 is 0 Å². The minimum absolute atomic E-state index is 0.290. The third-order valence-corrected chi connectivity index (χ3v) is 3.73. The maximum atomic E-state index is 14.1. The molecule has 0 aliphatic rings. The Morgan fingerprint density at radius 1 is 1.14 bits per heavy atom. The summed E-state index contributed by atoms with van der Waals surface area (Å²) >= 11 is 3.47. The summed E-state index contributed by atoms with van der Waals surface area (Å²) in [6, 6.07) is 9.42. The zero-order valence-electron chi connectivity index (χ0n) is 12.1. The van der Waals surface area contributed by atoms with Crippen molar-refractivity contribution in [2.45, 2.75) is 26.3 Å². The Labute approximate surface area is 132 Å². The molecule has 1 N–H and O–H groups in total. The minimum Gasteiger partial charge on any atom is -0.306 e. The second kappa shape index (κ2) is 7.14. The highest BCUT2D eigenvalue weighted by Crippen LogP contribution is 2.28. The second-order valence-corrected chi connectivity index (χ2v) is 6.03. The lowest BCUT2D eigenvalue weighted by Gasteiger charge is -2.21. The predicted molar refractivity (Wildman–Crippen MR) is 85.4 cm³/mol. The third-order valence-electron chi connectivity index (χ3n) is 3.27. The van der Waals surface area contributed by atoms with Gasteiger partial charge in [0.15, 0.2) is 0 Å². The molecule has 0 aliphatic carbocycles. The SMILES string of the molecule is CCCNC(c1cc(C)cc(Br)c1)c1ccc(F)cc1F. The van der Waals surface area contributed by atoms with Crippen molar-refractivity contribution in [3.63, 3.8) is 0 Å². The zero-order chi connectivity index (χ0) is 15.4. The molecule has 4 heteroatoms. The quantitative estimate of drug-likeness (QED) is 0.785. The first kappa shape index (κ1) is 16.1. The largest absolute Gasteiger partial charge is 0.306 e. The van der Waals surface area contributed by atoms with Crippen molar-refractivity contribution < 1.29 is 8.78 Å². The molecule has 0 heterocycles. The highest BCUT2D eigenvalue weighted by molar-refractivity contribution is 9.10. The first-order valence-electron chi connectivity index (χ1n) is 6.96. The average molecular weight is 354 g/mol. The summed E-state index contributed by atoms with van der Waals surface area (Å²) in [7, 11) is 0. The Bertz CT molecular complexity index is 608. The number of rotatable bonds is 5. The van der Waals surface area contributed by atoms with E-state index in [1.807, 2.05) is 25.1 Å². The first-order chi connectivity index (χ1) is 10.0. The van der Waals surface area contributed by atoms with Crippen molar-refractivity contribution in [1.82, 2.24) is 5.32 Å². The van der Waals surface area contributed by atoms with Crippen LogP contribution in [0.3, 0.4) is 0 Å². The Hall–Kier alpha value is -1.26. The van der Waals surface area contributed by atoms with Crippen LogP contribution in [0.15, 0.2) is 40.9 Å². The maximum Gasteiger partial charge on any atom is 0.131 e. The molecule has 2 rings (SSSR count). The highest BCUT2D eigenvalue weighted by Gasteiger charge is 2.18. The number of benzene rings is 2. The second-order valence-electron chi connectivity index (χ2n) is 5.11. The molecule has 0 bridgehead atoms. The monoisotopic (exact) mass is 353 g/mol. The third kappa shape index (κ3) is 4.11. The van der Waals surface area contributed by atoms with Crippen molar-refractivity contribution in [1.29, 1.82) is 0 Å². The van der Waals surface area contributed by atoms with Crippen LogP contribution in [0.1, 0.15) is 36.1 Å². The lowest BCUT2D eigenvalue weighted by molar-refractivity contribution is 0.532. The summed E-state index contributed by atoms with van der Waals surface area (Å²) in [6.07, 6.45) is 0.937. The molecule has 1 nitrogen and oxygen atoms in total. The van der Waals surface area contributed by atoms with Crippen LogP contribution in [0, 0.1) is 18.6 Å². The van der Waals surface area contributed by atoms with Crippen molar-refractivity contribution in [2.24, 2.45) is 0 Å². The summed E-state index contributed by atoms with van der Waals surface area (Å²) < 4.78 is 28.2. The van der Waals surface area contributed by atoms with Gasteiger partial charge in [0.2, 0.25) is 0 Å². The highest BCUT2D eigenvalue weighted by atomic mass is 79.9. The number of aryl methyl sites for hydroxylation is 1. The van der Waals surface area contributed by atoms with E-state index in [-0.39, 0.29) is 6.04 Å². The average Bonchev–Trinajstić information content (AvgIpc) is 2.40. The molecule has 0 saturated heterocycles. The molecule has 0 amide bonds. The van der Waals surface area contributed by atoms with E-state index in [1.165, 1.54) is 12.1 Å². The molecule has 0 aliphatic heterocycles. The topological polar surface area (TPSA) is 12.0 Å². The Morgan fingerprint density at radius 3 is 2.52 bits per heavy atom. The van der Waals surface area contributed by atoms with Gasteiger partial charge < -0.3 is 5.32 Å². The van der Waals surface area contributed by atoms with Gasteiger partial charge in [-0.1, -0.05) is 35.0 Å².